The summed E-state index contributed by atoms with van der Waals surface area (Å²) >= 11 is 0.317. The maximum Gasteiger partial charge on any atom is 0.427 e. The lowest BCUT2D eigenvalue weighted by Crippen LogP contribution is -2.37. The standard InChI is InChI=1S/C14H11F3N2O3S2/c15-14(16,17)12-11(18-7-23-12)13(20)19-10-6-24(21,22)5-8-3-1-2-4-9(8)10/h1-4,7,10H,5-6H2,(H,19,20). The smallest absolute Gasteiger partial charge is 0.343 e. The maximum atomic E-state index is 12.9. The molecule has 2 aromatic rings. The van der Waals surface area contributed by atoms with Gasteiger partial charge in [-0.05, 0) is 11.1 Å². The number of nitrogens with zero attached hydrogens (tertiary/aromatic N) is 1. The van der Waals surface area contributed by atoms with E-state index in [1.165, 1.54) is 0 Å². The molecule has 1 atom stereocenters. The number of fused-ring (bicyclic) bond motifs is 1. The highest BCUT2D eigenvalue weighted by atomic mass is 32.2. The van der Waals surface area contributed by atoms with Crippen LogP contribution in [0.15, 0.2) is 29.8 Å². The minimum atomic E-state index is -4.69. The Morgan fingerprint density at radius 2 is 2.00 bits per heavy atom. The average molecular weight is 376 g/mol. The number of carbonyl (C=O) groups is 1. The first kappa shape index (κ1) is 16.9. The molecule has 10 heteroatoms. The van der Waals surface area contributed by atoms with Gasteiger partial charge in [-0.1, -0.05) is 24.3 Å². The average Bonchev–Trinajstić information content (AvgIpc) is 2.95. The Morgan fingerprint density at radius 3 is 2.71 bits per heavy atom. The van der Waals surface area contributed by atoms with Crippen molar-refractivity contribution in [2.45, 2.75) is 18.0 Å². The number of thiazole rings is 1. The number of nitrogens with one attached hydrogen (secondary N) is 1. The lowest BCUT2D eigenvalue weighted by Gasteiger charge is -2.26. The van der Waals surface area contributed by atoms with Gasteiger partial charge in [-0.15, -0.1) is 11.3 Å². The molecule has 1 aliphatic heterocycles. The van der Waals surface area contributed by atoms with Gasteiger partial charge in [-0.3, -0.25) is 4.79 Å². The molecule has 0 saturated carbocycles. The molecule has 0 bridgehead atoms. The number of hydrogen-bond acceptors (Lipinski definition) is 5. The van der Waals surface area contributed by atoms with Crippen LogP contribution >= 0.6 is 11.3 Å². The highest BCUT2D eigenvalue weighted by Crippen LogP contribution is 2.35. The second-order valence-corrected chi connectivity index (χ2v) is 8.27. The zero-order chi connectivity index (χ0) is 17.5. The molecular weight excluding hydrogens is 365 g/mol. The minimum absolute atomic E-state index is 0.153. The topological polar surface area (TPSA) is 76.1 Å². The number of alkyl halides is 3. The van der Waals surface area contributed by atoms with Crippen LogP contribution in [0, 0.1) is 0 Å². The first-order chi connectivity index (χ1) is 11.2. The summed E-state index contributed by atoms with van der Waals surface area (Å²) in [5, 5.41) is 2.37. The van der Waals surface area contributed by atoms with E-state index in [4.69, 9.17) is 0 Å². The number of sulfone groups is 1. The summed E-state index contributed by atoms with van der Waals surface area (Å²) in [6.07, 6.45) is -4.69. The highest BCUT2D eigenvalue weighted by Gasteiger charge is 2.39. The first-order valence-electron chi connectivity index (χ1n) is 6.77. The maximum absolute atomic E-state index is 12.9. The summed E-state index contributed by atoms with van der Waals surface area (Å²) in [6.45, 7) is 0. The van der Waals surface area contributed by atoms with Crippen LogP contribution in [-0.4, -0.2) is 25.1 Å². The molecule has 0 aliphatic carbocycles. The molecule has 0 fully saturated rings. The third-order valence-corrected chi connectivity index (χ3v) is 6.04. The van der Waals surface area contributed by atoms with Crippen molar-refractivity contribution in [3.63, 3.8) is 0 Å². The summed E-state index contributed by atoms with van der Waals surface area (Å²) in [5.74, 6) is -1.55. The molecular formula is C14H11F3N2O3S2. The van der Waals surface area contributed by atoms with Gasteiger partial charge in [0, 0.05) is 0 Å². The van der Waals surface area contributed by atoms with E-state index >= 15 is 0 Å². The van der Waals surface area contributed by atoms with Gasteiger partial charge < -0.3 is 5.32 Å². The van der Waals surface area contributed by atoms with Crippen molar-refractivity contribution in [3.8, 4) is 0 Å². The van der Waals surface area contributed by atoms with Crippen LogP contribution in [0.25, 0.3) is 0 Å². The van der Waals surface area contributed by atoms with Gasteiger partial charge in [0.2, 0.25) is 0 Å². The van der Waals surface area contributed by atoms with Gasteiger partial charge in [-0.2, -0.15) is 13.2 Å². The Balaban J connectivity index is 1.92. The van der Waals surface area contributed by atoms with Crippen LogP contribution in [0.5, 0.6) is 0 Å². The third kappa shape index (κ3) is 3.29. The van der Waals surface area contributed by atoms with Crippen molar-refractivity contribution in [2.75, 3.05) is 5.75 Å². The fraction of sp³-hybridized carbons (Fsp3) is 0.286. The van der Waals surface area contributed by atoms with Gasteiger partial charge in [0.1, 0.15) is 4.88 Å². The monoisotopic (exact) mass is 376 g/mol. The van der Waals surface area contributed by atoms with Crippen molar-refractivity contribution in [2.24, 2.45) is 0 Å². The molecule has 2 heterocycles. The van der Waals surface area contributed by atoms with E-state index in [2.05, 4.69) is 10.3 Å². The van der Waals surface area contributed by atoms with E-state index < -0.39 is 38.5 Å². The Hall–Kier alpha value is -1.94. The van der Waals surface area contributed by atoms with Gasteiger partial charge >= 0.3 is 6.18 Å². The number of hydrogen-bond donors (Lipinski definition) is 1. The van der Waals surface area contributed by atoms with E-state index in [1.807, 2.05) is 0 Å². The normalized spacial score (nSPS) is 19.5. The van der Waals surface area contributed by atoms with Crippen molar-refractivity contribution >= 4 is 27.1 Å². The van der Waals surface area contributed by atoms with Crippen molar-refractivity contribution < 1.29 is 26.4 Å². The molecule has 0 spiro atoms. The van der Waals surface area contributed by atoms with E-state index in [-0.39, 0.29) is 11.5 Å². The molecule has 1 amide bonds. The van der Waals surface area contributed by atoms with Gasteiger partial charge in [0.25, 0.3) is 5.91 Å². The zero-order valence-corrected chi connectivity index (χ0v) is 13.6. The summed E-state index contributed by atoms with van der Waals surface area (Å²) < 4.78 is 62.6. The summed E-state index contributed by atoms with van der Waals surface area (Å²) in [7, 11) is -3.45. The summed E-state index contributed by atoms with van der Waals surface area (Å²) in [6, 6.07) is 5.71. The number of rotatable bonds is 2. The molecule has 3 rings (SSSR count). The molecule has 0 saturated heterocycles. The fourth-order valence-electron chi connectivity index (χ4n) is 2.60. The van der Waals surface area contributed by atoms with E-state index in [0.717, 1.165) is 5.51 Å². The second-order valence-electron chi connectivity index (χ2n) is 5.31. The lowest BCUT2D eigenvalue weighted by atomic mass is 10.0. The summed E-state index contributed by atoms with van der Waals surface area (Å²) in [5.41, 5.74) is 1.31. The Morgan fingerprint density at radius 1 is 1.29 bits per heavy atom. The van der Waals surface area contributed by atoms with Crippen LogP contribution in [0.4, 0.5) is 13.2 Å². The van der Waals surface area contributed by atoms with Crippen LogP contribution < -0.4 is 5.32 Å². The molecule has 1 aromatic heterocycles. The number of benzene rings is 1. The van der Waals surface area contributed by atoms with Gasteiger partial charge in [0.15, 0.2) is 15.5 Å². The molecule has 1 N–H and O–H groups in total. The van der Waals surface area contributed by atoms with E-state index in [1.54, 1.807) is 24.3 Å². The molecule has 1 aromatic carbocycles. The fourth-order valence-corrected chi connectivity index (χ4v) is 4.88. The van der Waals surface area contributed by atoms with Crippen LogP contribution in [0.3, 0.4) is 0 Å². The van der Waals surface area contributed by atoms with E-state index in [9.17, 15) is 26.4 Å². The second kappa shape index (κ2) is 5.85. The lowest BCUT2D eigenvalue weighted by molar-refractivity contribution is -0.134. The number of halogens is 3. The molecule has 128 valence electrons. The van der Waals surface area contributed by atoms with Crippen molar-refractivity contribution in [1.29, 1.82) is 0 Å². The molecule has 5 nitrogen and oxygen atoms in total. The summed E-state index contributed by atoms with van der Waals surface area (Å²) in [4.78, 5) is 14.6. The van der Waals surface area contributed by atoms with Gasteiger partial charge in [-0.25, -0.2) is 13.4 Å². The first-order valence-corrected chi connectivity index (χ1v) is 9.47. The third-order valence-electron chi connectivity index (χ3n) is 3.57. The SMILES string of the molecule is O=C(NC1CS(=O)(=O)Cc2ccccc21)c1ncsc1C(F)(F)F. The molecule has 24 heavy (non-hydrogen) atoms. The zero-order valence-electron chi connectivity index (χ0n) is 12.0. The van der Waals surface area contributed by atoms with Crippen LogP contribution in [-0.2, 0) is 21.8 Å². The molecule has 0 radical (unpaired) electrons. The quantitative estimate of drug-likeness (QED) is 0.874. The number of aromatic nitrogens is 1. The highest BCUT2D eigenvalue weighted by molar-refractivity contribution is 7.90. The molecule has 1 aliphatic rings. The predicted molar refractivity (Wildman–Crippen MR) is 81.3 cm³/mol. The minimum Gasteiger partial charge on any atom is -0.343 e. The Bertz CT molecular complexity index is 891. The number of carbonyl (C=O) groups excluding carboxylic acids is 1. The number of amides is 1. The Kier molecular flexibility index (Phi) is 4.12. The van der Waals surface area contributed by atoms with E-state index in [0.29, 0.717) is 22.5 Å². The van der Waals surface area contributed by atoms with Crippen LogP contribution in [0.2, 0.25) is 0 Å². The Labute approximate surface area is 139 Å². The van der Waals surface area contributed by atoms with Crippen molar-refractivity contribution in [1.82, 2.24) is 10.3 Å². The predicted octanol–water partition coefficient (Wildman–Crippen LogP) is 2.56. The van der Waals surface area contributed by atoms with Crippen LogP contribution in [0.1, 0.15) is 32.5 Å². The van der Waals surface area contributed by atoms with Crippen molar-refractivity contribution in [3.05, 3.63) is 51.5 Å². The molecule has 1 unspecified atom stereocenters. The largest absolute Gasteiger partial charge is 0.427 e. The van der Waals surface area contributed by atoms with Gasteiger partial charge in [0.05, 0.1) is 23.1 Å².